The first-order chi connectivity index (χ1) is 7.95. The van der Waals surface area contributed by atoms with Crippen LogP contribution in [0.1, 0.15) is 0 Å². The number of aliphatic hydroxyl groups excluding tert-OH is 4. The molecule has 0 aromatic carbocycles. The molecule has 0 aromatic rings. The van der Waals surface area contributed by atoms with Gasteiger partial charge in [-0.25, -0.2) is 9.09 Å². The lowest BCUT2D eigenvalue weighted by Crippen LogP contribution is -2.71. The molecular weight excluding hydrogens is 279 g/mol. The highest BCUT2D eigenvalue weighted by atomic mass is 31.2. The topological polar surface area (TPSA) is 197 Å². The molecule has 0 spiro atoms. The second-order valence-electron chi connectivity index (χ2n) is 3.69. The van der Waals surface area contributed by atoms with Crippen LogP contribution in [0.15, 0.2) is 0 Å². The van der Waals surface area contributed by atoms with E-state index in [9.17, 15) is 14.8 Å². The number of hydrogen-bond donors (Lipinski definition) is 8. The van der Waals surface area contributed by atoms with Crippen LogP contribution in [0, 0.1) is 0 Å². The van der Waals surface area contributed by atoms with E-state index in [0.29, 0.717) is 0 Å². The molecule has 1 rings (SSSR count). The van der Waals surface area contributed by atoms with Crippen molar-refractivity contribution in [3.63, 3.8) is 0 Å². The van der Waals surface area contributed by atoms with Gasteiger partial charge in [0, 0.05) is 0 Å². The van der Waals surface area contributed by atoms with Crippen LogP contribution in [0.2, 0.25) is 0 Å². The van der Waals surface area contributed by atoms with E-state index in [4.69, 9.17) is 30.2 Å². The summed E-state index contributed by atoms with van der Waals surface area (Å²) in [4.78, 5) is 17.2. The Labute approximate surface area is 99.7 Å². The molecule has 0 aliphatic carbocycles. The maximum Gasteiger partial charge on any atom is 0.472 e. The van der Waals surface area contributed by atoms with Crippen LogP contribution in [-0.4, -0.2) is 77.1 Å². The summed E-state index contributed by atoms with van der Waals surface area (Å²) in [6.07, 6.45) is -7.06. The Balaban J connectivity index is 3.14. The van der Waals surface area contributed by atoms with E-state index < -0.39 is 44.5 Å². The second kappa shape index (κ2) is 4.74. The maximum absolute atomic E-state index is 10.7. The monoisotopic (exact) mass is 292 g/mol. The van der Waals surface area contributed by atoms with Crippen LogP contribution in [0.25, 0.3) is 0 Å². The lowest BCUT2D eigenvalue weighted by Gasteiger charge is -2.48. The standard InChI is InChI=1S/C6H13O11P/c7-1-5(17-18(13,14)15)3(9)2(8)4(10)6(11,12)16-5/h2-4,7-12H,1H2,(H2,13,14,15)/t2-,3-,4+,5+/m0/s1. The fourth-order valence-corrected chi connectivity index (χ4v) is 2.06. The summed E-state index contributed by atoms with van der Waals surface area (Å²) in [6, 6.07) is 0. The quantitative estimate of drug-likeness (QED) is 0.184. The molecule has 0 radical (unpaired) electrons. The zero-order valence-corrected chi connectivity index (χ0v) is 9.58. The van der Waals surface area contributed by atoms with Crippen molar-refractivity contribution in [2.75, 3.05) is 6.61 Å². The van der Waals surface area contributed by atoms with E-state index in [1.807, 2.05) is 0 Å². The van der Waals surface area contributed by atoms with Crippen LogP contribution < -0.4 is 0 Å². The number of phosphoric acid groups is 1. The first-order valence-electron chi connectivity index (χ1n) is 4.51. The molecule has 0 bridgehead atoms. The van der Waals surface area contributed by atoms with Gasteiger partial charge >= 0.3 is 13.8 Å². The van der Waals surface area contributed by atoms with Crippen molar-refractivity contribution >= 4 is 7.82 Å². The lowest BCUT2D eigenvalue weighted by molar-refractivity contribution is -0.490. The van der Waals surface area contributed by atoms with Gasteiger partial charge in [-0.2, -0.15) is 0 Å². The minimum atomic E-state index is -5.32. The lowest BCUT2D eigenvalue weighted by atomic mass is 9.95. The normalized spacial score (nSPS) is 40.8. The van der Waals surface area contributed by atoms with E-state index in [1.165, 1.54) is 0 Å². The molecule has 1 heterocycles. The highest BCUT2D eigenvalue weighted by molar-refractivity contribution is 7.46. The molecule has 11 nitrogen and oxygen atoms in total. The van der Waals surface area contributed by atoms with Gasteiger partial charge in [0.25, 0.3) is 0 Å². The summed E-state index contributed by atoms with van der Waals surface area (Å²) in [6.45, 7) is -1.44. The van der Waals surface area contributed by atoms with Crippen molar-refractivity contribution in [1.29, 1.82) is 0 Å². The smallest absolute Gasteiger partial charge is 0.391 e. The van der Waals surface area contributed by atoms with Gasteiger partial charge in [-0.15, -0.1) is 0 Å². The summed E-state index contributed by atoms with van der Waals surface area (Å²) >= 11 is 0. The Kier molecular flexibility index (Phi) is 4.18. The molecule has 1 saturated heterocycles. The minimum absolute atomic E-state index is 1.44. The molecule has 0 amide bonds. The molecule has 0 unspecified atom stereocenters. The van der Waals surface area contributed by atoms with Crippen LogP contribution >= 0.6 is 7.82 Å². The molecule has 12 heteroatoms. The third kappa shape index (κ3) is 2.87. The molecule has 4 atom stereocenters. The third-order valence-electron chi connectivity index (χ3n) is 2.30. The van der Waals surface area contributed by atoms with Crippen molar-refractivity contribution in [2.45, 2.75) is 30.1 Å². The van der Waals surface area contributed by atoms with Gasteiger partial charge in [-0.1, -0.05) is 0 Å². The summed E-state index contributed by atoms with van der Waals surface area (Å²) in [5.41, 5.74) is 0. The highest BCUT2D eigenvalue weighted by Gasteiger charge is 2.62. The zero-order valence-electron chi connectivity index (χ0n) is 8.69. The maximum atomic E-state index is 10.7. The number of phosphoric ester groups is 1. The molecule has 1 fully saturated rings. The van der Waals surface area contributed by atoms with Crippen molar-refractivity contribution < 1.29 is 54.3 Å². The van der Waals surface area contributed by atoms with Crippen molar-refractivity contribution in [1.82, 2.24) is 0 Å². The van der Waals surface area contributed by atoms with E-state index >= 15 is 0 Å². The second-order valence-corrected chi connectivity index (χ2v) is 4.86. The predicted octanol–water partition coefficient (Wildman–Crippen LogP) is -4.46. The Morgan fingerprint density at radius 2 is 1.67 bits per heavy atom. The van der Waals surface area contributed by atoms with Crippen LogP contribution in [-0.2, 0) is 13.8 Å². The minimum Gasteiger partial charge on any atom is -0.391 e. The average Bonchev–Trinajstić information content (AvgIpc) is 2.21. The summed E-state index contributed by atoms with van der Waals surface area (Å²) in [7, 11) is -5.32. The summed E-state index contributed by atoms with van der Waals surface area (Å²) in [5, 5.41) is 55.2. The van der Waals surface area contributed by atoms with Crippen molar-refractivity contribution in [3.05, 3.63) is 0 Å². The van der Waals surface area contributed by atoms with E-state index in [2.05, 4.69) is 9.26 Å². The van der Waals surface area contributed by atoms with Gasteiger partial charge in [0.2, 0.25) is 5.79 Å². The largest absolute Gasteiger partial charge is 0.472 e. The van der Waals surface area contributed by atoms with Crippen molar-refractivity contribution in [3.8, 4) is 0 Å². The summed E-state index contributed by atoms with van der Waals surface area (Å²) < 4.78 is 18.8. The fraction of sp³-hybridized carbons (Fsp3) is 1.00. The number of hydrogen-bond acceptors (Lipinski definition) is 9. The first kappa shape index (κ1) is 15.9. The Morgan fingerprint density at radius 1 is 1.17 bits per heavy atom. The van der Waals surface area contributed by atoms with Gasteiger partial charge in [0.1, 0.15) is 18.8 Å². The molecule has 0 saturated carbocycles. The van der Waals surface area contributed by atoms with E-state index in [1.54, 1.807) is 0 Å². The average molecular weight is 292 g/mol. The summed E-state index contributed by atoms with van der Waals surface area (Å²) in [5.74, 6) is -6.50. The van der Waals surface area contributed by atoms with Gasteiger partial charge in [0.15, 0.2) is 6.10 Å². The van der Waals surface area contributed by atoms with E-state index in [-0.39, 0.29) is 0 Å². The first-order valence-corrected chi connectivity index (χ1v) is 6.04. The Morgan fingerprint density at radius 3 is 2.06 bits per heavy atom. The van der Waals surface area contributed by atoms with Gasteiger partial charge in [-0.3, -0.25) is 4.74 Å². The molecule has 8 N–H and O–H groups in total. The van der Waals surface area contributed by atoms with Gasteiger partial charge in [-0.05, 0) is 0 Å². The molecule has 108 valence electrons. The number of rotatable bonds is 3. The fourth-order valence-electron chi connectivity index (χ4n) is 1.46. The van der Waals surface area contributed by atoms with E-state index in [0.717, 1.165) is 0 Å². The zero-order chi connectivity index (χ0) is 14.4. The van der Waals surface area contributed by atoms with Crippen LogP contribution in [0.3, 0.4) is 0 Å². The number of ether oxygens (including phenoxy) is 1. The molecule has 1 aliphatic heterocycles. The van der Waals surface area contributed by atoms with Crippen LogP contribution in [0.4, 0.5) is 0 Å². The molecule has 0 aromatic heterocycles. The third-order valence-corrected chi connectivity index (χ3v) is 2.85. The van der Waals surface area contributed by atoms with Crippen LogP contribution in [0.5, 0.6) is 0 Å². The Bertz CT molecular complexity index is 351. The highest BCUT2D eigenvalue weighted by Crippen LogP contribution is 2.46. The SMILES string of the molecule is O=P(O)(O)O[C@@]1(CO)OC(O)(O)[C@H](O)[C@@H](O)[C@@H]1O. The molecular formula is C6H13O11P. The predicted molar refractivity (Wildman–Crippen MR) is 49.2 cm³/mol. The molecule has 18 heavy (non-hydrogen) atoms. The Hall–Kier alpha value is -0.170. The molecule has 1 aliphatic rings. The van der Waals surface area contributed by atoms with Gasteiger partial charge in [0.05, 0.1) is 0 Å². The van der Waals surface area contributed by atoms with Gasteiger partial charge < -0.3 is 40.4 Å². The van der Waals surface area contributed by atoms with Crippen molar-refractivity contribution in [2.24, 2.45) is 0 Å². The number of aliphatic hydroxyl groups is 6.